The van der Waals surface area contributed by atoms with Crippen molar-refractivity contribution in [2.24, 2.45) is 0 Å². The number of H-pyrrole nitrogens is 1. The van der Waals surface area contributed by atoms with Gasteiger partial charge in [-0.05, 0) is 69.5 Å². The predicted octanol–water partition coefficient (Wildman–Crippen LogP) is 5.58. The number of anilines is 1. The van der Waals surface area contributed by atoms with Gasteiger partial charge in [0.15, 0.2) is 10.3 Å². The van der Waals surface area contributed by atoms with Gasteiger partial charge in [0.25, 0.3) is 11.8 Å². The lowest BCUT2D eigenvalue weighted by atomic mass is 9.97. The molecule has 2 amide bonds. The highest BCUT2D eigenvalue weighted by atomic mass is 79.9. The van der Waals surface area contributed by atoms with Crippen LogP contribution in [0, 0.1) is 11.9 Å². The number of aromatic nitrogens is 5. The Labute approximate surface area is 246 Å². The third-order valence-electron chi connectivity index (χ3n) is 7.28. The molecule has 0 aliphatic carbocycles. The summed E-state index contributed by atoms with van der Waals surface area (Å²) in [7, 11) is 0. The normalized spacial score (nSPS) is 14.8. The number of hydrogen-bond donors (Lipinski definition) is 1. The third kappa shape index (κ3) is 4.47. The van der Waals surface area contributed by atoms with E-state index in [1.54, 1.807) is 36.7 Å². The van der Waals surface area contributed by atoms with Crippen molar-refractivity contribution in [1.82, 2.24) is 29.8 Å². The van der Waals surface area contributed by atoms with E-state index in [2.05, 4.69) is 46.8 Å². The molecule has 5 heterocycles. The monoisotopic (exact) mass is 628 g/mol. The SMILES string of the molecule is CCC(CN1C(=O)c2ccccc2C1=O)=C1CN(c2nc(Sc3ncc(Br)cn3)nc3[nH]c4[c]cc(F)cc4c23)C1. The molecule has 2 aromatic carbocycles. The quantitative estimate of drug-likeness (QED) is 0.148. The summed E-state index contributed by atoms with van der Waals surface area (Å²) >= 11 is 4.57. The molecule has 5 aromatic rings. The van der Waals surface area contributed by atoms with Gasteiger partial charge in [-0.2, -0.15) is 0 Å². The fourth-order valence-electron chi connectivity index (χ4n) is 5.20. The number of aromatic amines is 1. The number of amides is 2. The van der Waals surface area contributed by atoms with Crippen molar-refractivity contribution in [3.8, 4) is 0 Å². The molecule has 1 fully saturated rings. The van der Waals surface area contributed by atoms with Gasteiger partial charge < -0.3 is 9.88 Å². The second-order valence-corrected chi connectivity index (χ2v) is 11.6. The van der Waals surface area contributed by atoms with Gasteiger partial charge in [0.1, 0.15) is 17.3 Å². The number of carbonyl (C=O) groups excluding carboxylic acids is 2. The molecule has 3 aromatic heterocycles. The van der Waals surface area contributed by atoms with E-state index >= 15 is 0 Å². The van der Waals surface area contributed by atoms with Crippen molar-refractivity contribution in [2.75, 3.05) is 24.5 Å². The van der Waals surface area contributed by atoms with Crippen LogP contribution in [0.3, 0.4) is 0 Å². The second kappa shape index (κ2) is 10.0. The maximum atomic E-state index is 14.2. The molecule has 2 aliphatic heterocycles. The number of benzene rings is 2. The van der Waals surface area contributed by atoms with Gasteiger partial charge in [-0.3, -0.25) is 14.5 Å². The van der Waals surface area contributed by atoms with Crippen LogP contribution in [0.15, 0.2) is 74.7 Å². The molecule has 41 heavy (non-hydrogen) atoms. The Hall–Kier alpha value is -4.16. The maximum Gasteiger partial charge on any atom is 0.261 e. The van der Waals surface area contributed by atoms with Crippen LogP contribution in [-0.2, 0) is 0 Å². The summed E-state index contributed by atoms with van der Waals surface area (Å²) in [5.74, 6) is -0.274. The summed E-state index contributed by atoms with van der Waals surface area (Å²) in [6, 6.07) is 12.6. The highest BCUT2D eigenvalue weighted by molar-refractivity contribution is 9.10. The van der Waals surface area contributed by atoms with Crippen LogP contribution >= 0.6 is 27.7 Å². The van der Waals surface area contributed by atoms with E-state index in [0.29, 0.717) is 68.7 Å². The summed E-state index contributed by atoms with van der Waals surface area (Å²) in [6.45, 7) is 3.39. The molecule has 0 spiro atoms. The lowest BCUT2D eigenvalue weighted by molar-refractivity contribution is 0.0666. The van der Waals surface area contributed by atoms with Crippen LogP contribution < -0.4 is 4.90 Å². The second-order valence-electron chi connectivity index (χ2n) is 9.73. The maximum absolute atomic E-state index is 14.2. The van der Waals surface area contributed by atoms with Crippen LogP contribution in [0.25, 0.3) is 21.9 Å². The van der Waals surface area contributed by atoms with Crippen molar-refractivity contribution >= 4 is 67.3 Å². The molecule has 0 saturated carbocycles. The van der Waals surface area contributed by atoms with Crippen LogP contribution in [0.5, 0.6) is 0 Å². The number of fused-ring (bicyclic) bond motifs is 4. The summed E-state index contributed by atoms with van der Waals surface area (Å²) in [5, 5.41) is 2.28. The van der Waals surface area contributed by atoms with E-state index < -0.39 is 5.82 Å². The average molecular weight is 629 g/mol. The van der Waals surface area contributed by atoms with Crippen molar-refractivity contribution in [3.63, 3.8) is 0 Å². The fourth-order valence-corrected chi connectivity index (χ4v) is 6.05. The summed E-state index contributed by atoms with van der Waals surface area (Å²) in [5.41, 5.74) is 4.26. The van der Waals surface area contributed by atoms with Crippen molar-refractivity contribution < 1.29 is 14.0 Å². The average Bonchev–Trinajstić information content (AvgIpc) is 3.42. The summed E-state index contributed by atoms with van der Waals surface area (Å²) < 4.78 is 15.0. The van der Waals surface area contributed by atoms with Crippen molar-refractivity contribution in [3.05, 3.63) is 87.4 Å². The van der Waals surface area contributed by atoms with Gasteiger partial charge in [-0.25, -0.2) is 24.3 Å². The number of hydrogen-bond acceptors (Lipinski definition) is 8. The summed E-state index contributed by atoms with van der Waals surface area (Å²) in [4.78, 5) is 50.7. The number of nitrogens with one attached hydrogen (secondary N) is 1. The topological polar surface area (TPSA) is 108 Å². The van der Waals surface area contributed by atoms with Crippen LogP contribution in [0.4, 0.5) is 10.2 Å². The molecular formula is C29H20BrFN7O2S. The van der Waals surface area contributed by atoms with E-state index in [1.807, 2.05) is 6.92 Å². The van der Waals surface area contributed by atoms with E-state index in [4.69, 9.17) is 4.98 Å². The molecule has 9 nitrogen and oxygen atoms in total. The standard InChI is InChI=1S/C29H20BrFN7O2S/c1-2-15(14-38-26(39)19-5-3-4-6-20(19)27(38)40)16-12-37(13-16)25-23-21-9-18(31)7-8-22(21)34-24(23)35-29(36-25)41-28-32-10-17(30)11-33-28/h3-7,9-11H,2,12-14H2,1H3,(H,34,35,36). The van der Waals surface area contributed by atoms with Gasteiger partial charge in [0, 0.05) is 36.9 Å². The van der Waals surface area contributed by atoms with Crippen LogP contribution in [0.2, 0.25) is 0 Å². The Morgan fingerprint density at radius 2 is 1.80 bits per heavy atom. The largest absolute Gasteiger partial charge is 0.348 e. The highest BCUT2D eigenvalue weighted by Crippen LogP contribution is 2.38. The van der Waals surface area contributed by atoms with Gasteiger partial charge >= 0.3 is 0 Å². The number of imide groups is 1. The minimum atomic E-state index is -0.399. The fraction of sp³-hybridized carbons (Fsp3) is 0.172. The van der Waals surface area contributed by atoms with E-state index in [0.717, 1.165) is 15.6 Å². The van der Waals surface area contributed by atoms with Gasteiger partial charge in [0.2, 0.25) is 0 Å². The molecule has 2 aliphatic rings. The van der Waals surface area contributed by atoms with E-state index in [9.17, 15) is 14.0 Å². The zero-order chi connectivity index (χ0) is 28.2. The molecule has 12 heteroatoms. The molecule has 0 unspecified atom stereocenters. The molecule has 1 saturated heterocycles. The van der Waals surface area contributed by atoms with E-state index in [-0.39, 0.29) is 18.4 Å². The van der Waals surface area contributed by atoms with E-state index in [1.165, 1.54) is 28.8 Å². The first-order valence-electron chi connectivity index (χ1n) is 12.9. The third-order valence-corrected chi connectivity index (χ3v) is 8.45. The first kappa shape index (κ1) is 25.8. The first-order valence-corrected chi connectivity index (χ1v) is 14.5. The highest BCUT2D eigenvalue weighted by Gasteiger charge is 2.36. The molecule has 1 N–H and O–H groups in total. The molecule has 0 bridgehead atoms. The number of halogens is 2. The summed E-state index contributed by atoms with van der Waals surface area (Å²) in [6.07, 6.45) is 4.01. The van der Waals surface area contributed by atoms with Gasteiger partial charge in [-0.1, -0.05) is 19.1 Å². The molecule has 203 valence electrons. The van der Waals surface area contributed by atoms with Crippen molar-refractivity contribution in [2.45, 2.75) is 23.7 Å². The lowest BCUT2D eigenvalue weighted by Crippen LogP contribution is -2.43. The zero-order valence-corrected chi connectivity index (χ0v) is 24.0. The number of rotatable bonds is 6. The first-order chi connectivity index (χ1) is 19.9. The smallest absolute Gasteiger partial charge is 0.261 e. The molecule has 7 rings (SSSR count). The van der Waals surface area contributed by atoms with Crippen LogP contribution in [0.1, 0.15) is 34.1 Å². The zero-order valence-electron chi connectivity index (χ0n) is 21.6. The number of nitrogens with zero attached hydrogens (tertiary/aromatic N) is 6. The Morgan fingerprint density at radius 3 is 2.49 bits per heavy atom. The Bertz CT molecular complexity index is 1880. The molecule has 0 atom stereocenters. The number of carbonyl (C=O) groups is 2. The lowest BCUT2D eigenvalue weighted by Gasteiger charge is -2.38. The van der Waals surface area contributed by atoms with Gasteiger partial charge in [0.05, 0.1) is 33.0 Å². The molecular weight excluding hydrogens is 609 g/mol. The Balaban J connectivity index is 1.22. The van der Waals surface area contributed by atoms with Gasteiger partial charge in [-0.15, -0.1) is 0 Å². The Kier molecular flexibility index (Phi) is 6.31. The predicted molar refractivity (Wildman–Crippen MR) is 155 cm³/mol. The molecule has 1 radical (unpaired) electrons. The Morgan fingerprint density at radius 1 is 1.10 bits per heavy atom. The minimum absolute atomic E-state index is 0.250. The van der Waals surface area contributed by atoms with Crippen molar-refractivity contribution in [1.29, 1.82) is 0 Å². The minimum Gasteiger partial charge on any atom is -0.348 e. The van der Waals surface area contributed by atoms with Crippen LogP contribution in [-0.4, -0.2) is 61.3 Å².